The lowest BCUT2D eigenvalue weighted by atomic mass is 10.0. The summed E-state index contributed by atoms with van der Waals surface area (Å²) in [6.45, 7) is 0. The van der Waals surface area contributed by atoms with E-state index in [0.717, 1.165) is 51.1 Å². The molecule has 0 heterocycles. The van der Waals surface area contributed by atoms with Crippen LogP contribution in [0.2, 0.25) is 0 Å². The van der Waals surface area contributed by atoms with Gasteiger partial charge in [0.1, 0.15) is 12.6 Å². The van der Waals surface area contributed by atoms with E-state index in [9.17, 15) is 19.2 Å². The Morgan fingerprint density at radius 1 is 0.525 bits per heavy atom. The number of carbonyl (C=O) groups is 4. The molecule has 0 spiro atoms. The number of hydrogen-bond acceptors (Lipinski definition) is 8. The lowest BCUT2D eigenvalue weighted by molar-refractivity contribution is -0.135. The van der Waals surface area contributed by atoms with E-state index in [1.807, 2.05) is 0 Å². The lowest BCUT2D eigenvalue weighted by Gasteiger charge is -2.09. The molecular formula is C32H42O8. The van der Waals surface area contributed by atoms with E-state index in [1.54, 1.807) is 36.4 Å². The van der Waals surface area contributed by atoms with Crippen LogP contribution >= 0.6 is 0 Å². The monoisotopic (exact) mass is 554 g/mol. The van der Waals surface area contributed by atoms with Gasteiger partial charge in [-0.15, -0.1) is 0 Å². The molecule has 2 aromatic rings. The number of methoxy groups -OCH3 is 2. The maximum atomic E-state index is 12.1. The van der Waals surface area contributed by atoms with Crippen molar-refractivity contribution in [3.8, 4) is 23.0 Å². The number of benzene rings is 2. The highest BCUT2D eigenvalue weighted by molar-refractivity contribution is 5.79. The van der Waals surface area contributed by atoms with Gasteiger partial charge in [-0.25, -0.2) is 0 Å². The van der Waals surface area contributed by atoms with Crippen LogP contribution in [0.1, 0.15) is 111 Å². The van der Waals surface area contributed by atoms with Gasteiger partial charge in [-0.2, -0.15) is 0 Å². The summed E-state index contributed by atoms with van der Waals surface area (Å²) in [5.41, 5.74) is 0.935. The van der Waals surface area contributed by atoms with E-state index < -0.39 is 0 Å². The minimum Gasteiger partial charge on any atom is -0.493 e. The van der Waals surface area contributed by atoms with Crippen LogP contribution in [0.5, 0.6) is 23.0 Å². The maximum absolute atomic E-state index is 12.1. The van der Waals surface area contributed by atoms with Gasteiger partial charge in [-0.3, -0.25) is 19.2 Å². The van der Waals surface area contributed by atoms with E-state index in [4.69, 9.17) is 18.9 Å². The van der Waals surface area contributed by atoms with E-state index in [2.05, 4.69) is 0 Å². The highest BCUT2D eigenvalue weighted by Gasteiger charge is 2.12. The van der Waals surface area contributed by atoms with Gasteiger partial charge in [0.2, 0.25) is 0 Å². The fourth-order valence-corrected chi connectivity index (χ4v) is 4.34. The summed E-state index contributed by atoms with van der Waals surface area (Å²) in [6.07, 6.45) is 15.1. The Morgan fingerprint density at radius 2 is 0.850 bits per heavy atom. The van der Waals surface area contributed by atoms with Crippen LogP contribution in [-0.4, -0.2) is 38.7 Å². The first kappa shape index (κ1) is 32.5. The molecule has 40 heavy (non-hydrogen) atoms. The predicted molar refractivity (Wildman–Crippen MR) is 153 cm³/mol. The molecular weight excluding hydrogens is 512 g/mol. The molecule has 0 radical (unpaired) electrons. The minimum absolute atomic E-state index is 0.292. The molecule has 0 bridgehead atoms. The summed E-state index contributed by atoms with van der Waals surface area (Å²) in [5, 5.41) is 0. The second-order valence-electron chi connectivity index (χ2n) is 9.75. The number of ether oxygens (including phenoxy) is 4. The first-order chi connectivity index (χ1) is 19.5. The van der Waals surface area contributed by atoms with E-state index in [1.165, 1.54) is 52.7 Å². The number of hydrogen-bond donors (Lipinski definition) is 0. The second-order valence-corrected chi connectivity index (χ2v) is 9.75. The minimum atomic E-state index is -0.292. The van der Waals surface area contributed by atoms with Crippen LogP contribution < -0.4 is 18.9 Å². The van der Waals surface area contributed by atoms with Crippen LogP contribution in [0.15, 0.2) is 36.4 Å². The van der Waals surface area contributed by atoms with Crippen molar-refractivity contribution in [1.82, 2.24) is 0 Å². The zero-order chi connectivity index (χ0) is 29.0. The number of aldehydes is 2. The Hall–Kier alpha value is -3.68. The molecule has 0 N–H and O–H groups in total. The smallest absolute Gasteiger partial charge is 0.311 e. The average Bonchev–Trinajstić information content (AvgIpc) is 2.97. The third-order valence-electron chi connectivity index (χ3n) is 6.61. The molecule has 0 fully saturated rings. The van der Waals surface area contributed by atoms with Crippen LogP contribution in [-0.2, 0) is 9.59 Å². The Morgan fingerprint density at radius 3 is 1.15 bits per heavy atom. The summed E-state index contributed by atoms with van der Waals surface area (Å²) in [5.74, 6) is 0.833. The van der Waals surface area contributed by atoms with Gasteiger partial charge in [0.25, 0.3) is 0 Å². The zero-order valence-electron chi connectivity index (χ0n) is 23.8. The standard InChI is InChI=1S/C32H42O8/c1-37-29-21-25(23-33)17-19-27(29)39-31(35)15-13-11-9-7-5-3-4-6-8-10-12-14-16-32(36)40-28-20-18-26(24-34)22-30(28)38-2/h17-24H,3-16H2,1-2H3. The van der Waals surface area contributed by atoms with Crippen molar-refractivity contribution in [2.45, 2.75) is 89.9 Å². The Labute approximate surface area is 237 Å². The molecule has 0 aliphatic rings. The molecule has 2 rings (SSSR count). The molecule has 0 atom stereocenters. The van der Waals surface area contributed by atoms with E-state index >= 15 is 0 Å². The first-order valence-electron chi connectivity index (χ1n) is 14.2. The number of unbranched alkanes of at least 4 members (excludes halogenated alkanes) is 11. The molecule has 0 saturated heterocycles. The zero-order valence-corrected chi connectivity index (χ0v) is 23.8. The molecule has 0 aromatic heterocycles. The van der Waals surface area contributed by atoms with Crippen molar-refractivity contribution in [2.75, 3.05) is 14.2 Å². The largest absolute Gasteiger partial charge is 0.493 e. The van der Waals surface area contributed by atoms with Crippen LogP contribution in [0.4, 0.5) is 0 Å². The van der Waals surface area contributed by atoms with Crippen molar-refractivity contribution < 1.29 is 38.1 Å². The van der Waals surface area contributed by atoms with Gasteiger partial charge < -0.3 is 18.9 Å². The third-order valence-corrected chi connectivity index (χ3v) is 6.61. The van der Waals surface area contributed by atoms with Gasteiger partial charge in [0.05, 0.1) is 14.2 Å². The van der Waals surface area contributed by atoms with Crippen LogP contribution in [0.3, 0.4) is 0 Å². The molecule has 0 unspecified atom stereocenters. The van der Waals surface area contributed by atoms with Crippen molar-refractivity contribution >= 4 is 24.5 Å². The van der Waals surface area contributed by atoms with Gasteiger partial charge in [-0.1, -0.05) is 64.2 Å². The van der Waals surface area contributed by atoms with Crippen LogP contribution in [0.25, 0.3) is 0 Å². The van der Waals surface area contributed by atoms with Gasteiger partial charge in [0.15, 0.2) is 23.0 Å². The summed E-state index contributed by atoms with van der Waals surface area (Å²) in [6, 6.07) is 9.44. The number of rotatable bonds is 21. The Kier molecular flexibility index (Phi) is 15.8. The van der Waals surface area contributed by atoms with Crippen molar-refractivity contribution in [3.63, 3.8) is 0 Å². The molecule has 0 saturated carbocycles. The van der Waals surface area contributed by atoms with E-state index in [-0.39, 0.29) is 11.9 Å². The van der Waals surface area contributed by atoms with Crippen LogP contribution in [0, 0.1) is 0 Å². The van der Waals surface area contributed by atoms with Gasteiger partial charge in [-0.05, 0) is 49.2 Å². The molecule has 8 heteroatoms. The summed E-state index contributed by atoms with van der Waals surface area (Å²) >= 11 is 0. The second kappa shape index (κ2) is 19.4. The third kappa shape index (κ3) is 12.5. The lowest BCUT2D eigenvalue weighted by Crippen LogP contribution is -2.08. The first-order valence-corrected chi connectivity index (χ1v) is 14.2. The Bertz CT molecular complexity index is 993. The topological polar surface area (TPSA) is 105 Å². The quantitative estimate of drug-likeness (QED) is 0.0685. The molecule has 0 aliphatic carbocycles. The molecule has 218 valence electrons. The fraction of sp³-hybridized carbons (Fsp3) is 0.500. The van der Waals surface area contributed by atoms with Gasteiger partial charge in [0, 0.05) is 24.0 Å². The highest BCUT2D eigenvalue weighted by atomic mass is 16.6. The van der Waals surface area contributed by atoms with Crippen molar-refractivity contribution in [3.05, 3.63) is 47.5 Å². The SMILES string of the molecule is COc1cc(C=O)ccc1OC(=O)CCCCCCCCCCCCCCC(=O)Oc1ccc(C=O)cc1OC. The molecule has 8 nitrogen and oxygen atoms in total. The Balaban J connectivity index is 1.41. The highest BCUT2D eigenvalue weighted by Crippen LogP contribution is 2.29. The van der Waals surface area contributed by atoms with Crippen molar-refractivity contribution in [2.24, 2.45) is 0 Å². The average molecular weight is 555 g/mol. The van der Waals surface area contributed by atoms with Crippen molar-refractivity contribution in [1.29, 1.82) is 0 Å². The summed E-state index contributed by atoms with van der Waals surface area (Å²) in [4.78, 5) is 45.9. The van der Waals surface area contributed by atoms with Gasteiger partial charge >= 0.3 is 11.9 Å². The number of carbonyl (C=O) groups excluding carboxylic acids is 4. The molecule has 0 amide bonds. The normalized spacial score (nSPS) is 10.6. The molecule has 2 aromatic carbocycles. The maximum Gasteiger partial charge on any atom is 0.311 e. The summed E-state index contributed by atoms with van der Waals surface area (Å²) in [7, 11) is 2.95. The fourth-order valence-electron chi connectivity index (χ4n) is 4.34. The molecule has 0 aliphatic heterocycles. The van der Waals surface area contributed by atoms with E-state index in [0.29, 0.717) is 47.0 Å². The number of esters is 2. The summed E-state index contributed by atoms with van der Waals surface area (Å²) < 4.78 is 21.1. The predicted octanol–water partition coefficient (Wildman–Crippen LogP) is 7.30.